The van der Waals surface area contributed by atoms with Gasteiger partial charge in [0.15, 0.2) is 0 Å². The monoisotopic (exact) mass is 309 g/mol. The van der Waals surface area contributed by atoms with Gasteiger partial charge in [-0.25, -0.2) is 4.79 Å². The molecule has 1 aromatic heterocycles. The Morgan fingerprint density at radius 2 is 2.20 bits per heavy atom. The summed E-state index contributed by atoms with van der Waals surface area (Å²) in [5, 5.41) is 1.76. The Balaban J connectivity index is 2.13. The molecule has 20 heavy (non-hydrogen) atoms. The van der Waals surface area contributed by atoms with Gasteiger partial charge in [-0.1, -0.05) is 29.3 Å². The van der Waals surface area contributed by atoms with Crippen LogP contribution in [0.3, 0.4) is 0 Å². The number of aromatic nitrogens is 1. The fraction of sp³-hybridized carbons (Fsp3) is 0.133. The van der Waals surface area contributed by atoms with Gasteiger partial charge >= 0.3 is 5.97 Å². The number of aromatic amines is 1. The number of H-pyrrole nitrogens is 1. The molecular weight excluding hydrogens is 297 g/mol. The molecule has 2 rings (SSSR count). The molecule has 0 radical (unpaired) electrons. The molecule has 0 fully saturated rings. The lowest BCUT2D eigenvalue weighted by molar-refractivity contribution is -0.137. The van der Waals surface area contributed by atoms with Crippen molar-refractivity contribution in [2.45, 2.75) is 6.92 Å². The number of hydrogen-bond donors (Lipinski definition) is 1. The van der Waals surface area contributed by atoms with Crippen LogP contribution in [0.15, 0.2) is 41.4 Å². The predicted molar refractivity (Wildman–Crippen MR) is 82.9 cm³/mol. The van der Waals surface area contributed by atoms with Crippen LogP contribution < -0.4 is 0 Å². The fourth-order valence-corrected chi connectivity index (χ4v) is 2.03. The molecule has 104 valence electrons. The second-order valence-corrected chi connectivity index (χ2v) is 4.89. The van der Waals surface area contributed by atoms with Crippen molar-refractivity contribution >= 4 is 46.2 Å². The Labute approximate surface area is 126 Å². The first-order chi connectivity index (χ1) is 9.60. The van der Waals surface area contributed by atoms with E-state index in [9.17, 15) is 4.79 Å². The van der Waals surface area contributed by atoms with Gasteiger partial charge in [0.25, 0.3) is 0 Å². The van der Waals surface area contributed by atoms with E-state index in [1.165, 1.54) is 6.08 Å². The zero-order valence-electron chi connectivity index (χ0n) is 10.8. The van der Waals surface area contributed by atoms with Crippen molar-refractivity contribution in [2.75, 3.05) is 6.61 Å². The number of allylic oxidation sites excluding steroid dienone is 2. The number of ether oxygens (including phenoxy) is 1. The van der Waals surface area contributed by atoms with E-state index in [2.05, 4.69) is 4.98 Å². The zero-order chi connectivity index (χ0) is 14.5. The first-order valence-corrected chi connectivity index (χ1v) is 6.85. The number of carbonyl (C=O) groups is 1. The number of halogens is 2. The molecule has 0 aliphatic heterocycles. The van der Waals surface area contributed by atoms with Gasteiger partial charge in [0, 0.05) is 21.6 Å². The Kier molecular flexibility index (Phi) is 4.88. The molecular formula is C15H13Cl2NO2. The van der Waals surface area contributed by atoms with Gasteiger partial charge in [-0.2, -0.15) is 0 Å². The van der Waals surface area contributed by atoms with Crippen molar-refractivity contribution in [3.63, 3.8) is 0 Å². The number of benzene rings is 1. The van der Waals surface area contributed by atoms with Gasteiger partial charge < -0.3 is 9.72 Å². The maximum absolute atomic E-state index is 11.3. The van der Waals surface area contributed by atoms with Crippen LogP contribution in [0.5, 0.6) is 0 Å². The third-order valence-corrected chi connectivity index (χ3v) is 3.11. The van der Waals surface area contributed by atoms with E-state index < -0.39 is 5.97 Å². The average Bonchev–Trinajstić information content (AvgIpc) is 2.80. The van der Waals surface area contributed by atoms with Crippen molar-refractivity contribution in [1.29, 1.82) is 0 Å². The van der Waals surface area contributed by atoms with Gasteiger partial charge in [0.2, 0.25) is 0 Å². The second kappa shape index (κ2) is 6.64. The van der Waals surface area contributed by atoms with Crippen LogP contribution in [0.25, 0.3) is 17.0 Å². The number of carbonyl (C=O) groups excluding carboxylic acids is 1. The van der Waals surface area contributed by atoms with E-state index in [4.69, 9.17) is 27.9 Å². The summed E-state index contributed by atoms with van der Waals surface area (Å²) in [6.07, 6.45) is 5.00. The first kappa shape index (κ1) is 14.7. The number of nitrogens with one attached hydrogen (secondary N) is 1. The van der Waals surface area contributed by atoms with Crippen LogP contribution in [0, 0.1) is 0 Å². The van der Waals surface area contributed by atoms with Crippen LogP contribution in [0.4, 0.5) is 0 Å². The molecule has 0 aliphatic rings. The maximum atomic E-state index is 11.3. The van der Waals surface area contributed by atoms with Crippen molar-refractivity contribution in [3.8, 4) is 0 Å². The topological polar surface area (TPSA) is 42.1 Å². The summed E-state index contributed by atoms with van der Waals surface area (Å²) < 4.78 is 4.77. The molecule has 3 nitrogen and oxygen atoms in total. The summed E-state index contributed by atoms with van der Waals surface area (Å²) in [5.74, 6) is -0.526. The third-order valence-electron chi connectivity index (χ3n) is 2.59. The fourth-order valence-electron chi connectivity index (χ4n) is 1.72. The first-order valence-electron chi connectivity index (χ1n) is 6.09. The standard InChI is InChI=1S/C15H13Cl2NO2/c1-2-20-15(19)13(17)5-3-4-12-9-10-8-11(16)6-7-14(10)18-12/h3-9,18H,2H2,1H3/b4-3+,13-5+. The summed E-state index contributed by atoms with van der Waals surface area (Å²) in [4.78, 5) is 14.5. The Hall–Kier alpha value is -1.71. The van der Waals surface area contributed by atoms with Crippen molar-refractivity contribution < 1.29 is 9.53 Å². The second-order valence-electron chi connectivity index (χ2n) is 4.05. The molecule has 2 aromatic rings. The molecule has 0 aliphatic carbocycles. The van der Waals surface area contributed by atoms with E-state index in [1.54, 1.807) is 13.0 Å². The lowest BCUT2D eigenvalue weighted by Gasteiger charge is -1.97. The van der Waals surface area contributed by atoms with Gasteiger partial charge in [-0.3, -0.25) is 0 Å². The molecule has 0 amide bonds. The van der Waals surface area contributed by atoms with E-state index >= 15 is 0 Å². The molecule has 5 heteroatoms. The zero-order valence-corrected chi connectivity index (χ0v) is 12.3. The maximum Gasteiger partial charge on any atom is 0.349 e. The summed E-state index contributed by atoms with van der Waals surface area (Å²) in [5.41, 5.74) is 1.89. The average molecular weight is 310 g/mol. The molecule has 0 bridgehead atoms. The van der Waals surface area contributed by atoms with Crippen LogP contribution in [0.1, 0.15) is 12.6 Å². The normalized spacial score (nSPS) is 12.2. The largest absolute Gasteiger partial charge is 0.462 e. The van der Waals surface area contributed by atoms with Gasteiger partial charge in [0.1, 0.15) is 5.03 Å². The van der Waals surface area contributed by atoms with E-state index in [0.29, 0.717) is 11.6 Å². The number of fused-ring (bicyclic) bond motifs is 1. The van der Waals surface area contributed by atoms with E-state index in [-0.39, 0.29) is 5.03 Å². The number of rotatable bonds is 4. The Morgan fingerprint density at radius 1 is 1.40 bits per heavy atom. The highest BCUT2D eigenvalue weighted by Crippen LogP contribution is 2.20. The van der Waals surface area contributed by atoms with Gasteiger partial charge in [-0.15, -0.1) is 0 Å². The highest BCUT2D eigenvalue weighted by atomic mass is 35.5. The van der Waals surface area contributed by atoms with Crippen LogP contribution in [0.2, 0.25) is 5.02 Å². The molecule has 1 heterocycles. The van der Waals surface area contributed by atoms with Crippen LogP contribution >= 0.6 is 23.2 Å². The summed E-state index contributed by atoms with van der Waals surface area (Å²) in [6.45, 7) is 2.03. The quantitative estimate of drug-likeness (QED) is 0.512. The molecule has 1 N–H and O–H groups in total. The smallest absolute Gasteiger partial charge is 0.349 e. The highest BCUT2D eigenvalue weighted by molar-refractivity contribution is 6.41. The Morgan fingerprint density at radius 3 is 2.95 bits per heavy atom. The van der Waals surface area contributed by atoms with E-state index in [0.717, 1.165) is 16.6 Å². The SMILES string of the molecule is CCOC(=O)/C(Cl)=C\C=C\c1cc2cc(Cl)ccc2[nH]1. The Bertz CT molecular complexity index is 686. The van der Waals surface area contributed by atoms with Crippen LogP contribution in [-0.4, -0.2) is 17.6 Å². The summed E-state index contributed by atoms with van der Waals surface area (Å²) >= 11 is 11.7. The number of esters is 1. The molecule has 0 spiro atoms. The molecule has 1 aromatic carbocycles. The highest BCUT2D eigenvalue weighted by Gasteiger charge is 2.04. The predicted octanol–water partition coefficient (Wildman–Crippen LogP) is 4.52. The van der Waals surface area contributed by atoms with Crippen molar-refractivity contribution in [1.82, 2.24) is 4.98 Å². The van der Waals surface area contributed by atoms with Crippen LogP contribution in [-0.2, 0) is 9.53 Å². The minimum absolute atomic E-state index is 0.0438. The third kappa shape index (κ3) is 3.65. The van der Waals surface area contributed by atoms with E-state index in [1.807, 2.05) is 30.3 Å². The van der Waals surface area contributed by atoms with Crippen molar-refractivity contribution in [3.05, 3.63) is 52.2 Å². The summed E-state index contributed by atoms with van der Waals surface area (Å²) in [6, 6.07) is 7.58. The van der Waals surface area contributed by atoms with Gasteiger partial charge in [0.05, 0.1) is 6.61 Å². The minimum Gasteiger partial charge on any atom is -0.462 e. The minimum atomic E-state index is -0.526. The molecule has 0 saturated carbocycles. The molecule has 0 saturated heterocycles. The number of hydrogen-bond acceptors (Lipinski definition) is 2. The van der Waals surface area contributed by atoms with Gasteiger partial charge in [-0.05, 0) is 43.3 Å². The lowest BCUT2D eigenvalue weighted by Crippen LogP contribution is -2.02. The summed E-state index contributed by atoms with van der Waals surface area (Å²) in [7, 11) is 0. The lowest BCUT2D eigenvalue weighted by atomic mass is 10.2. The van der Waals surface area contributed by atoms with Crippen molar-refractivity contribution in [2.24, 2.45) is 0 Å². The molecule has 0 atom stereocenters. The molecule has 0 unspecified atom stereocenters.